The minimum Gasteiger partial charge on any atom is -0.493 e. The van der Waals surface area contributed by atoms with Gasteiger partial charge in [-0.05, 0) is 54.5 Å². The van der Waals surface area contributed by atoms with Crippen LogP contribution in [0.1, 0.15) is 11.1 Å². The third kappa shape index (κ3) is 5.22. The second-order valence-corrected chi connectivity index (χ2v) is 7.07. The summed E-state index contributed by atoms with van der Waals surface area (Å²) in [7, 11) is 3.07. The fourth-order valence-corrected chi connectivity index (χ4v) is 3.48. The maximum Gasteiger partial charge on any atom is 0.248 e. The minimum absolute atomic E-state index is 0.224. The molecule has 29 heavy (non-hydrogen) atoms. The average molecular weight is 417 g/mol. The summed E-state index contributed by atoms with van der Waals surface area (Å²) in [5, 5.41) is 3.34. The van der Waals surface area contributed by atoms with Crippen LogP contribution in [0.25, 0.3) is 6.08 Å². The number of rotatable bonds is 6. The van der Waals surface area contributed by atoms with Crippen LogP contribution in [0.3, 0.4) is 0 Å². The van der Waals surface area contributed by atoms with E-state index in [-0.39, 0.29) is 5.91 Å². The Bertz CT molecular complexity index is 908. The molecule has 0 saturated carbocycles. The number of ether oxygens (including phenoxy) is 3. The van der Waals surface area contributed by atoms with Crippen molar-refractivity contribution in [2.24, 2.45) is 0 Å². The standard InChI is InChI=1S/C22H25ClN2O4/c1-15-12-17(25-8-10-29-11-9-25)5-6-19(15)24-21(26)7-4-16-13-18(23)22(28-3)20(14-16)27-2/h4-7,12-14H,8-11H2,1-3H3,(H,24,26)/b7-4+. The van der Waals surface area contributed by atoms with Crippen LogP contribution in [0, 0.1) is 6.92 Å². The summed E-state index contributed by atoms with van der Waals surface area (Å²) < 4.78 is 15.9. The Hall–Kier alpha value is -2.70. The van der Waals surface area contributed by atoms with E-state index in [0.717, 1.165) is 48.8 Å². The molecule has 0 aromatic heterocycles. The van der Waals surface area contributed by atoms with E-state index in [9.17, 15) is 4.79 Å². The van der Waals surface area contributed by atoms with Crippen LogP contribution in [0.15, 0.2) is 36.4 Å². The number of nitrogens with one attached hydrogen (secondary N) is 1. The maximum absolute atomic E-state index is 12.4. The number of anilines is 2. The number of carbonyl (C=O) groups is 1. The molecule has 1 saturated heterocycles. The topological polar surface area (TPSA) is 60.0 Å². The van der Waals surface area contributed by atoms with E-state index < -0.39 is 0 Å². The molecule has 1 amide bonds. The van der Waals surface area contributed by atoms with Crippen LogP contribution in [-0.2, 0) is 9.53 Å². The molecule has 0 unspecified atom stereocenters. The molecule has 2 aromatic rings. The van der Waals surface area contributed by atoms with Gasteiger partial charge in [0.2, 0.25) is 5.91 Å². The normalized spacial score (nSPS) is 14.1. The number of methoxy groups -OCH3 is 2. The van der Waals surface area contributed by atoms with Gasteiger partial charge in [0.1, 0.15) is 0 Å². The van der Waals surface area contributed by atoms with Crippen molar-refractivity contribution in [2.75, 3.05) is 50.7 Å². The van der Waals surface area contributed by atoms with Gasteiger partial charge in [0.05, 0.1) is 32.5 Å². The number of morpholine rings is 1. The van der Waals surface area contributed by atoms with Crippen LogP contribution in [0.2, 0.25) is 5.02 Å². The van der Waals surface area contributed by atoms with Gasteiger partial charge in [0, 0.05) is 30.5 Å². The maximum atomic E-state index is 12.4. The van der Waals surface area contributed by atoms with Gasteiger partial charge in [-0.15, -0.1) is 0 Å². The number of aryl methyl sites for hydroxylation is 1. The summed E-state index contributed by atoms with van der Waals surface area (Å²) in [6.45, 7) is 5.21. The monoisotopic (exact) mass is 416 g/mol. The van der Waals surface area contributed by atoms with Crippen molar-refractivity contribution in [2.45, 2.75) is 6.92 Å². The van der Waals surface area contributed by atoms with Crippen molar-refractivity contribution >= 4 is 35.0 Å². The predicted octanol–water partition coefficient (Wildman–Crippen LogP) is 4.15. The van der Waals surface area contributed by atoms with Crippen molar-refractivity contribution in [3.8, 4) is 11.5 Å². The quantitative estimate of drug-likeness (QED) is 0.716. The Kier molecular flexibility index (Phi) is 7.01. The number of amides is 1. The SMILES string of the molecule is COc1cc(/C=C/C(=O)Nc2ccc(N3CCOCC3)cc2C)cc(Cl)c1OC. The number of hydrogen-bond donors (Lipinski definition) is 1. The zero-order valence-electron chi connectivity index (χ0n) is 16.8. The van der Waals surface area contributed by atoms with Crippen molar-refractivity contribution in [1.29, 1.82) is 0 Å². The van der Waals surface area contributed by atoms with Crippen molar-refractivity contribution in [3.05, 3.63) is 52.6 Å². The van der Waals surface area contributed by atoms with Crippen LogP contribution < -0.4 is 19.7 Å². The number of halogens is 1. The van der Waals surface area contributed by atoms with E-state index in [2.05, 4.69) is 16.3 Å². The Morgan fingerprint density at radius 1 is 1.17 bits per heavy atom. The van der Waals surface area contributed by atoms with Crippen LogP contribution in [-0.4, -0.2) is 46.4 Å². The molecule has 0 aliphatic carbocycles. The highest BCUT2D eigenvalue weighted by Crippen LogP contribution is 2.36. The Morgan fingerprint density at radius 2 is 1.93 bits per heavy atom. The Labute approximate surface area is 176 Å². The van der Waals surface area contributed by atoms with Crippen molar-refractivity contribution in [3.63, 3.8) is 0 Å². The summed E-state index contributed by atoms with van der Waals surface area (Å²) in [6, 6.07) is 9.51. The molecule has 0 radical (unpaired) electrons. The number of hydrogen-bond acceptors (Lipinski definition) is 5. The highest BCUT2D eigenvalue weighted by Gasteiger charge is 2.13. The largest absolute Gasteiger partial charge is 0.493 e. The summed E-state index contributed by atoms with van der Waals surface area (Å²) >= 11 is 6.21. The highest BCUT2D eigenvalue weighted by atomic mass is 35.5. The van der Waals surface area contributed by atoms with Gasteiger partial charge in [0.25, 0.3) is 0 Å². The minimum atomic E-state index is -0.224. The van der Waals surface area contributed by atoms with Crippen LogP contribution in [0.5, 0.6) is 11.5 Å². The summed E-state index contributed by atoms with van der Waals surface area (Å²) in [5.74, 6) is 0.750. The third-order valence-corrected chi connectivity index (χ3v) is 5.01. The lowest BCUT2D eigenvalue weighted by atomic mass is 10.1. The fourth-order valence-electron chi connectivity index (χ4n) is 3.19. The molecule has 1 aliphatic rings. The Balaban J connectivity index is 1.68. The van der Waals surface area contributed by atoms with Crippen LogP contribution >= 0.6 is 11.6 Å². The van der Waals surface area contributed by atoms with E-state index in [1.807, 2.05) is 19.1 Å². The molecule has 0 bridgehead atoms. The Morgan fingerprint density at radius 3 is 2.59 bits per heavy atom. The third-order valence-electron chi connectivity index (χ3n) is 4.73. The summed E-state index contributed by atoms with van der Waals surface area (Å²) in [4.78, 5) is 14.7. The number of carbonyl (C=O) groups excluding carboxylic acids is 1. The molecule has 1 fully saturated rings. The first kappa shape index (κ1) is 21.0. The molecule has 1 aliphatic heterocycles. The number of benzene rings is 2. The predicted molar refractivity (Wildman–Crippen MR) is 116 cm³/mol. The van der Waals surface area contributed by atoms with E-state index in [0.29, 0.717) is 16.5 Å². The van der Waals surface area contributed by atoms with Crippen molar-refractivity contribution in [1.82, 2.24) is 0 Å². The smallest absolute Gasteiger partial charge is 0.248 e. The average Bonchev–Trinajstić information content (AvgIpc) is 2.73. The summed E-state index contributed by atoms with van der Waals surface area (Å²) in [5.41, 5.74) is 3.66. The lowest BCUT2D eigenvalue weighted by molar-refractivity contribution is -0.111. The van der Waals surface area contributed by atoms with Gasteiger partial charge in [-0.25, -0.2) is 0 Å². The molecule has 0 spiro atoms. The molecule has 1 N–H and O–H groups in total. The molecular formula is C22H25ClN2O4. The first-order chi connectivity index (χ1) is 14.0. The molecule has 154 valence electrons. The van der Waals surface area contributed by atoms with Gasteiger partial charge in [0.15, 0.2) is 11.5 Å². The molecule has 3 rings (SSSR count). The lowest BCUT2D eigenvalue weighted by Crippen LogP contribution is -2.36. The second-order valence-electron chi connectivity index (χ2n) is 6.66. The molecule has 0 atom stereocenters. The second kappa shape index (κ2) is 9.67. The van der Waals surface area contributed by atoms with Gasteiger partial charge in [-0.3, -0.25) is 4.79 Å². The van der Waals surface area contributed by atoms with E-state index in [1.54, 1.807) is 18.2 Å². The summed E-state index contributed by atoms with van der Waals surface area (Å²) in [6.07, 6.45) is 3.15. The van der Waals surface area contributed by atoms with Gasteiger partial charge < -0.3 is 24.4 Å². The molecular weight excluding hydrogens is 392 g/mol. The first-order valence-corrected chi connectivity index (χ1v) is 9.73. The zero-order valence-corrected chi connectivity index (χ0v) is 17.6. The van der Waals surface area contributed by atoms with Gasteiger partial charge in [-0.2, -0.15) is 0 Å². The van der Waals surface area contributed by atoms with Gasteiger partial charge >= 0.3 is 0 Å². The van der Waals surface area contributed by atoms with E-state index in [1.165, 1.54) is 20.3 Å². The molecule has 7 heteroatoms. The van der Waals surface area contributed by atoms with Crippen molar-refractivity contribution < 1.29 is 19.0 Å². The molecule has 6 nitrogen and oxygen atoms in total. The molecule has 1 heterocycles. The van der Waals surface area contributed by atoms with Crippen LogP contribution in [0.4, 0.5) is 11.4 Å². The van der Waals surface area contributed by atoms with E-state index >= 15 is 0 Å². The zero-order chi connectivity index (χ0) is 20.8. The number of nitrogens with zero attached hydrogens (tertiary/aromatic N) is 1. The fraction of sp³-hybridized carbons (Fsp3) is 0.318. The molecule has 2 aromatic carbocycles. The first-order valence-electron chi connectivity index (χ1n) is 9.35. The van der Waals surface area contributed by atoms with E-state index in [4.69, 9.17) is 25.8 Å². The van der Waals surface area contributed by atoms with Gasteiger partial charge in [-0.1, -0.05) is 11.6 Å². The lowest BCUT2D eigenvalue weighted by Gasteiger charge is -2.29. The highest BCUT2D eigenvalue weighted by molar-refractivity contribution is 6.32.